The molecule has 0 fully saturated rings. The summed E-state index contributed by atoms with van der Waals surface area (Å²) >= 11 is 0. The molecule has 0 bridgehead atoms. The zero-order chi connectivity index (χ0) is 8.10. The summed E-state index contributed by atoms with van der Waals surface area (Å²) in [4.78, 5) is 7.92. The molecule has 0 aromatic carbocycles. The maximum absolute atomic E-state index is 8.79. The summed E-state index contributed by atoms with van der Waals surface area (Å²) in [5, 5.41) is 8.79. The van der Waals surface area contributed by atoms with E-state index in [4.69, 9.17) is 9.84 Å². The van der Waals surface area contributed by atoms with Gasteiger partial charge >= 0.3 is 0 Å². The molecule has 0 aliphatic rings. The van der Waals surface area contributed by atoms with Gasteiger partial charge in [0, 0.05) is 19.5 Å². The molecule has 60 valence electrons. The highest BCUT2D eigenvalue weighted by molar-refractivity contribution is 5.07. The van der Waals surface area contributed by atoms with Crippen LogP contribution in [0.5, 0.6) is 0 Å². The summed E-state index contributed by atoms with van der Waals surface area (Å²) < 4.78 is 4.86. The third-order valence-electron chi connectivity index (χ3n) is 1.29. The first-order valence-electron chi connectivity index (χ1n) is 3.27. The van der Waals surface area contributed by atoms with Crippen LogP contribution >= 0.6 is 0 Å². The lowest BCUT2D eigenvalue weighted by Gasteiger charge is -2.01. The summed E-state index contributed by atoms with van der Waals surface area (Å²) in [6.07, 6.45) is 3.12. The van der Waals surface area contributed by atoms with Crippen molar-refractivity contribution in [2.24, 2.45) is 0 Å². The van der Waals surface area contributed by atoms with E-state index in [1.807, 2.05) is 0 Å². The highest BCUT2D eigenvalue weighted by Gasteiger charge is 2.01. The van der Waals surface area contributed by atoms with E-state index in [2.05, 4.69) is 9.97 Å². The summed E-state index contributed by atoms with van der Waals surface area (Å²) in [7, 11) is 1.58. The summed E-state index contributed by atoms with van der Waals surface area (Å²) in [5.74, 6) is 0. The monoisotopic (exact) mass is 154 g/mol. The van der Waals surface area contributed by atoms with Crippen LogP contribution in [0.15, 0.2) is 12.4 Å². The number of hydrogen-bond donors (Lipinski definition) is 1. The van der Waals surface area contributed by atoms with E-state index in [1.165, 1.54) is 0 Å². The molecule has 0 aliphatic heterocycles. The zero-order valence-corrected chi connectivity index (χ0v) is 6.32. The van der Waals surface area contributed by atoms with Gasteiger partial charge in [0.2, 0.25) is 0 Å². The third kappa shape index (κ3) is 1.96. The number of aliphatic hydroxyl groups excluding tert-OH is 1. The Morgan fingerprint density at radius 1 is 1.36 bits per heavy atom. The van der Waals surface area contributed by atoms with Crippen molar-refractivity contribution in [3.8, 4) is 0 Å². The van der Waals surface area contributed by atoms with Crippen molar-refractivity contribution in [1.29, 1.82) is 0 Å². The molecule has 4 heteroatoms. The van der Waals surface area contributed by atoms with Gasteiger partial charge in [-0.05, 0) is 0 Å². The fourth-order valence-corrected chi connectivity index (χ4v) is 0.785. The van der Waals surface area contributed by atoms with Crippen LogP contribution < -0.4 is 0 Å². The zero-order valence-electron chi connectivity index (χ0n) is 6.32. The number of ether oxygens (including phenoxy) is 1. The Balaban J connectivity index is 2.83. The first kappa shape index (κ1) is 8.10. The average molecular weight is 154 g/mol. The maximum atomic E-state index is 8.79. The van der Waals surface area contributed by atoms with Gasteiger partial charge in [-0.1, -0.05) is 0 Å². The Labute approximate surface area is 64.9 Å². The lowest BCUT2D eigenvalue weighted by molar-refractivity contribution is 0.176. The predicted molar refractivity (Wildman–Crippen MR) is 38.7 cm³/mol. The van der Waals surface area contributed by atoms with Gasteiger partial charge < -0.3 is 9.84 Å². The fraction of sp³-hybridized carbons (Fsp3) is 0.429. The van der Waals surface area contributed by atoms with Gasteiger partial charge in [0.05, 0.1) is 24.6 Å². The first-order valence-corrected chi connectivity index (χ1v) is 3.27. The smallest absolute Gasteiger partial charge is 0.0903 e. The van der Waals surface area contributed by atoms with E-state index < -0.39 is 0 Å². The molecule has 1 rings (SSSR count). The fourth-order valence-electron chi connectivity index (χ4n) is 0.785. The maximum Gasteiger partial charge on any atom is 0.0903 e. The molecule has 1 aromatic heterocycles. The van der Waals surface area contributed by atoms with Gasteiger partial charge in [-0.15, -0.1) is 0 Å². The minimum atomic E-state index is -0.0907. The number of aliphatic hydroxyl groups is 1. The van der Waals surface area contributed by atoms with Gasteiger partial charge in [0.15, 0.2) is 0 Å². The largest absolute Gasteiger partial charge is 0.390 e. The van der Waals surface area contributed by atoms with Crippen molar-refractivity contribution in [3.63, 3.8) is 0 Å². The molecule has 0 saturated carbocycles. The Bertz CT molecular complexity index is 227. The van der Waals surface area contributed by atoms with E-state index in [9.17, 15) is 0 Å². The van der Waals surface area contributed by atoms with E-state index in [1.54, 1.807) is 19.5 Å². The van der Waals surface area contributed by atoms with Gasteiger partial charge in [-0.3, -0.25) is 9.97 Å². The first-order chi connectivity index (χ1) is 5.38. The standard InChI is InChI=1S/C7H10N2O2/c1-11-5-7-6(4-10)8-2-3-9-7/h2-3,10H,4-5H2,1H3. The minimum Gasteiger partial charge on any atom is -0.390 e. The van der Waals surface area contributed by atoms with E-state index >= 15 is 0 Å². The molecule has 4 nitrogen and oxygen atoms in total. The van der Waals surface area contributed by atoms with E-state index in [0.29, 0.717) is 18.0 Å². The number of rotatable bonds is 3. The molecular formula is C7H10N2O2. The lowest BCUT2D eigenvalue weighted by atomic mass is 10.3. The molecular weight excluding hydrogens is 144 g/mol. The highest BCUT2D eigenvalue weighted by atomic mass is 16.5. The SMILES string of the molecule is COCc1nccnc1CO. The van der Waals surface area contributed by atoms with Crippen molar-refractivity contribution in [2.75, 3.05) is 7.11 Å². The molecule has 1 aromatic rings. The molecule has 0 radical (unpaired) electrons. The second-order valence-electron chi connectivity index (χ2n) is 2.04. The molecule has 11 heavy (non-hydrogen) atoms. The predicted octanol–water partition coefficient (Wildman–Crippen LogP) is 0.115. The summed E-state index contributed by atoms with van der Waals surface area (Å²) in [5.41, 5.74) is 1.27. The molecule has 0 atom stereocenters. The van der Waals surface area contributed by atoms with Crippen LogP contribution in [-0.4, -0.2) is 22.2 Å². The van der Waals surface area contributed by atoms with Crippen LogP contribution in [0.1, 0.15) is 11.4 Å². The van der Waals surface area contributed by atoms with Gasteiger partial charge in [-0.2, -0.15) is 0 Å². The highest BCUT2D eigenvalue weighted by Crippen LogP contribution is 2.01. The lowest BCUT2D eigenvalue weighted by Crippen LogP contribution is -2.01. The van der Waals surface area contributed by atoms with E-state index in [0.717, 1.165) is 0 Å². The van der Waals surface area contributed by atoms with E-state index in [-0.39, 0.29) is 6.61 Å². The quantitative estimate of drug-likeness (QED) is 0.671. The van der Waals surface area contributed by atoms with Crippen molar-refractivity contribution in [1.82, 2.24) is 9.97 Å². The number of methoxy groups -OCH3 is 1. The van der Waals surface area contributed by atoms with Gasteiger partial charge in [0.1, 0.15) is 0 Å². The number of hydrogen-bond acceptors (Lipinski definition) is 4. The van der Waals surface area contributed by atoms with Crippen molar-refractivity contribution in [2.45, 2.75) is 13.2 Å². The number of aromatic nitrogens is 2. The third-order valence-corrected chi connectivity index (χ3v) is 1.29. The molecule has 0 amide bonds. The van der Waals surface area contributed by atoms with Crippen LogP contribution in [0, 0.1) is 0 Å². The van der Waals surface area contributed by atoms with Crippen LogP contribution in [0.4, 0.5) is 0 Å². The van der Waals surface area contributed by atoms with Crippen LogP contribution in [0.2, 0.25) is 0 Å². The normalized spacial score (nSPS) is 10.0. The van der Waals surface area contributed by atoms with Crippen molar-refractivity contribution in [3.05, 3.63) is 23.8 Å². The second kappa shape index (κ2) is 4.00. The van der Waals surface area contributed by atoms with Crippen molar-refractivity contribution < 1.29 is 9.84 Å². The molecule has 0 spiro atoms. The van der Waals surface area contributed by atoms with Crippen molar-refractivity contribution >= 4 is 0 Å². The van der Waals surface area contributed by atoms with Gasteiger partial charge in [0.25, 0.3) is 0 Å². The molecule has 0 unspecified atom stereocenters. The van der Waals surface area contributed by atoms with Crippen LogP contribution in [-0.2, 0) is 18.0 Å². The second-order valence-corrected chi connectivity index (χ2v) is 2.04. The minimum absolute atomic E-state index is 0.0907. The average Bonchev–Trinajstić information content (AvgIpc) is 2.06. The number of nitrogens with zero attached hydrogens (tertiary/aromatic N) is 2. The van der Waals surface area contributed by atoms with Gasteiger partial charge in [-0.25, -0.2) is 0 Å². The topological polar surface area (TPSA) is 55.2 Å². The summed E-state index contributed by atoms with van der Waals surface area (Å²) in [6, 6.07) is 0. The Hall–Kier alpha value is -1.00. The van der Waals surface area contributed by atoms with Crippen LogP contribution in [0.25, 0.3) is 0 Å². The molecule has 1 heterocycles. The molecule has 1 N–H and O–H groups in total. The molecule has 0 saturated heterocycles. The Morgan fingerprint density at radius 2 is 2.00 bits per heavy atom. The Morgan fingerprint density at radius 3 is 2.55 bits per heavy atom. The summed E-state index contributed by atoms with van der Waals surface area (Å²) in [6.45, 7) is 0.302. The van der Waals surface area contributed by atoms with Crippen LogP contribution in [0.3, 0.4) is 0 Å². The Kier molecular flexibility index (Phi) is 2.95. The molecule has 0 aliphatic carbocycles.